The Morgan fingerprint density at radius 3 is 2.60 bits per heavy atom. The van der Waals surface area contributed by atoms with E-state index in [0.717, 1.165) is 42.6 Å². The monoisotopic (exact) mass is 207 g/mol. The number of hydrogen-bond acceptors (Lipinski definition) is 1. The first-order valence-electron chi connectivity index (χ1n) is 5.90. The number of Topliss-reactive ketones (excluding diaryl/α,β-unsaturated/α-hetero) is 1. The summed E-state index contributed by atoms with van der Waals surface area (Å²) >= 11 is 0. The third-order valence-corrected chi connectivity index (χ3v) is 2.74. The average molecular weight is 207 g/mol. The van der Waals surface area contributed by atoms with Crippen LogP contribution in [-0.4, -0.2) is 10.8 Å². The van der Waals surface area contributed by atoms with Crippen LogP contribution >= 0.6 is 0 Å². The number of unbranched alkanes of at least 4 members (excludes halogenated alkanes) is 2. The minimum absolute atomic E-state index is 0.264. The van der Waals surface area contributed by atoms with Gasteiger partial charge in [-0.15, -0.1) is 0 Å². The maximum absolute atomic E-state index is 11.8. The lowest BCUT2D eigenvalue weighted by Crippen LogP contribution is -2.01. The smallest absolute Gasteiger partial charge is 0.179 e. The van der Waals surface area contributed by atoms with Crippen LogP contribution in [0.15, 0.2) is 6.07 Å². The summed E-state index contributed by atoms with van der Waals surface area (Å²) in [6.45, 7) is 6.25. The number of aromatic nitrogens is 1. The van der Waals surface area contributed by atoms with Gasteiger partial charge in [0.2, 0.25) is 0 Å². The molecule has 0 unspecified atom stereocenters. The van der Waals surface area contributed by atoms with E-state index in [9.17, 15) is 4.79 Å². The Morgan fingerprint density at radius 2 is 2.07 bits per heavy atom. The highest BCUT2D eigenvalue weighted by Crippen LogP contribution is 2.14. The number of carbonyl (C=O) groups excluding carboxylic acids is 1. The molecule has 0 aromatic carbocycles. The summed E-state index contributed by atoms with van der Waals surface area (Å²) in [6.07, 6.45) is 4.96. The topological polar surface area (TPSA) is 32.9 Å². The first kappa shape index (κ1) is 12.0. The van der Waals surface area contributed by atoms with Gasteiger partial charge in [-0.25, -0.2) is 0 Å². The summed E-state index contributed by atoms with van der Waals surface area (Å²) in [6, 6.07) is 2.08. The van der Waals surface area contributed by atoms with Gasteiger partial charge in [0.15, 0.2) is 5.78 Å². The lowest BCUT2D eigenvalue weighted by Gasteiger charge is -1.99. The zero-order valence-corrected chi connectivity index (χ0v) is 10.0. The molecule has 0 spiro atoms. The minimum Gasteiger partial charge on any atom is -0.356 e. The van der Waals surface area contributed by atoms with Crippen molar-refractivity contribution in [3.05, 3.63) is 23.0 Å². The fraction of sp³-hybridized carbons (Fsp3) is 0.615. The Morgan fingerprint density at radius 1 is 1.33 bits per heavy atom. The van der Waals surface area contributed by atoms with E-state index >= 15 is 0 Å². The zero-order chi connectivity index (χ0) is 11.3. The Hall–Kier alpha value is -1.05. The molecule has 0 saturated heterocycles. The second kappa shape index (κ2) is 5.74. The van der Waals surface area contributed by atoms with Gasteiger partial charge in [0.1, 0.15) is 0 Å². The van der Waals surface area contributed by atoms with E-state index in [1.165, 1.54) is 0 Å². The van der Waals surface area contributed by atoms with Crippen LogP contribution in [0.25, 0.3) is 0 Å². The molecule has 0 aliphatic rings. The maximum atomic E-state index is 11.8. The highest BCUT2D eigenvalue weighted by atomic mass is 16.1. The second-order valence-electron chi connectivity index (χ2n) is 4.09. The molecule has 0 bridgehead atoms. The van der Waals surface area contributed by atoms with Crippen LogP contribution in [-0.2, 0) is 6.42 Å². The van der Waals surface area contributed by atoms with Crippen molar-refractivity contribution in [2.24, 2.45) is 0 Å². The fourth-order valence-corrected chi connectivity index (χ4v) is 1.77. The molecule has 0 amide bonds. The molecular formula is C13H21NO. The highest BCUT2D eigenvalue weighted by Gasteiger charge is 2.11. The molecule has 0 radical (unpaired) electrons. The van der Waals surface area contributed by atoms with Gasteiger partial charge in [0.25, 0.3) is 0 Å². The van der Waals surface area contributed by atoms with Crippen LogP contribution in [0, 0.1) is 6.92 Å². The number of aryl methyl sites for hydroxylation is 2. The van der Waals surface area contributed by atoms with Crippen molar-refractivity contribution in [3.63, 3.8) is 0 Å². The van der Waals surface area contributed by atoms with Crippen molar-refractivity contribution in [1.29, 1.82) is 0 Å². The van der Waals surface area contributed by atoms with Crippen molar-refractivity contribution in [2.45, 2.75) is 52.9 Å². The fourth-order valence-electron chi connectivity index (χ4n) is 1.77. The Balaban J connectivity index is 2.60. The molecule has 2 heteroatoms. The third-order valence-electron chi connectivity index (χ3n) is 2.74. The largest absolute Gasteiger partial charge is 0.356 e. The minimum atomic E-state index is 0.264. The number of carbonyl (C=O) groups is 1. The summed E-state index contributed by atoms with van der Waals surface area (Å²) in [5.74, 6) is 0.264. The SMILES string of the molecule is CCCCCC(=O)c1[nH]c(CC)cc1C. The average Bonchev–Trinajstić information content (AvgIpc) is 2.60. The third kappa shape index (κ3) is 3.22. The Bertz CT molecular complexity index is 325. The van der Waals surface area contributed by atoms with E-state index in [1.807, 2.05) is 6.92 Å². The van der Waals surface area contributed by atoms with E-state index in [2.05, 4.69) is 24.9 Å². The maximum Gasteiger partial charge on any atom is 0.179 e. The van der Waals surface area contributed by atoms with Crippen molar-refractivity contribution in [3.8, 4) is 0 Å². The van der Waals surface area contributed by atoms with Gasteiger partial charge < -0.3 is 4.98 Å². The Kier molecular flexibility index (Phi) is 4.60. The number of ketones is 1. The standard InChI is InChI=1S/C13H21NO/c1-4-6-7-8-12(15)13-10(3)9-11(5-2)14-13/h9,14H,4-8H2,1-3H3. The van der Waals surface area contributed by atoms with Gasteiger partial charge in [-0.1, -0.05) is 26.7 Å². The van der Waals surface area contributed by atoms with E-state index in [0.29, 0.717) is 6.42 Å². The molecule has 2 nitrogen and oxygen atoms in total. The summed E-state index contributed by atoms with van der Waals surface area (Å²) in [4.78, 5) is 15.0. The molecule has 1 rings (SSSR count). The molecule has 0 fully saturated rings. The van der Waals surface area contributed by atoms with Gasteiger partial charge in [0.05, 0.1) is 5.69 Å². The van der Waals surface area contributed by atoms with Gasteiger partial charge in [-0.2, -0.15) is 0 Å². The molecule has 84 valence electrons. The van der Waals surface area contributed by atoms with Crippen molar-refractivity contribution >= 4 is 5.78 Å². The first-order chi connectivity index (χ1) is 7.19. The molecule has 1 heterocycles. The number of H-pyrrole nitrogens is 1. The molecule has 1 aromatic heterocycles. The van der Waals surface area contributed by atoms with Crippen molar-refractivity contribution < 1.29 is 4.79 Å². The van der Waals surface area contributed by atoms with Gasteiger partial charge >= 0.3 is 0 Å². The molecule has 0 aliphatic carbocycles. The van der Waals surface area contributed by atoms with E-state index < -0.39 is 0 Å². The molecular weight excluding hydrogens is 186 g/mol. The van der Waals surface area contributed by atoms with Gasteiger partial charge in [0, 0.05) is 12.1 Å². The normalized spacial score (nSPS) is 10.6. The van der Waals surface area contributed by atoms with Gasteiger partial charge in [-0.3, -0.25) is 4.79 Å². The second-order valence-corrected chi connectivity index (χ2v) is 4.09. The molecule has 0 aliphatic heterocycles. The van der Waals surface area contributed by atoms with E-state index in [4.69, 9.17) is 0 Å². The molecule has 15 heavy (non-hydrogen) atoms. The predicted molar refractivity (Wildman–Crippen MR) is 63.4 cm³/mol. The summed E-state index contributed by atoms with van der Waals surface area (Å²) < 4.78 is 0. The number of rotatable bonds is 6. The number of aromatic amines is 1. The highest BCUT2D eigenvalue weighted by molar-refractivity contribution is 5.95. The van der Waals surface area contributed by atoms with Crippen molar-refractivity contribution in [2.75, 3.05) is 0 Å². The molecule has 1 aromatic rings. The quantitative estimate of drug-likeness (QED) is 0.560. The summed E-state index contributed by atoms with van der Waals surface area (Å²) in [5.41, 5.74) is 3.07. The Labute approximate surface area is 92.1 Å². The summed E-state index contributed by atoms with van der Waals surface area (Å²) in [7, 11) is 0. The lowest BCUT2D eigenvalue weighted by molar-refractivity contribution is 0.0974. The van der Waals surface area contributed by atoms with E-state index in [-0.39, 0.29) is 5.78 Å². The summed E-state index contributed by atoms with van der Waals surface area (Å²) in [5, 5.41) is 0. The van der Waals surface area contributed by atoms with Crippen LogP contribution in [0.1, 0.15) is 61.3 Å². The number of nitrogens with one attached hydrogen (secondary N) is 1. The van der Waals surface area contributed by atoms with Crippen LogP contribution in [0.3, 0.4) is 0 Å². The molecule has 0 saturated carbocycles. The molecule has 1 N–H and O–H groups in total. The zero-order valence-electron chi connectivity index (χ0n) is 10.0. The lowest BCUT2D eigenvalue weighted by atomic mass is 10.1. The van der Waals surface area contributed by atoms with Crippen molar-refractivity contribution in [1.82, 2.24) is 4.98 Å². The number of hydrogen-bond donors (Lipinski definition) is 1. The van der Waals surface area contributed by atoms with Gasteiger partial charge in [-0.05, 0) is 31.4 Å². The van der Waals surface area contributed by atoms with Crippen LogP contribution < -0.4 is 0 Å². The van der Waals surface area contributed by atoms with Crippen LogP contribution in [0.4, 0.5) is 0 Å². The van der Waals surface area contributed by atoms with Crippen LogP contribution in [0.2, 0.25) is 0 Å². The molecule has 0 atom stereocenters. The van der Waals surface area contributed by atoms with E-state index in [1.54, 1.807) is 0 Å². The predicted octanol–water partition coefficient (Wildman–Crippen LogP) is 3.65. The van der Waals surface area contributed by atoms with Crippen LogP contribution in [0.5, 0.6) is 0 Å². The first-order valence-corrected chi connectivity index (χ1v) is 5.90.